The molecule has 2 rings (SSSR count). The molecule has 0 spiro atoms. The van der Waals surface area contributed by atoms with Crippen LogP contribution >= 0.6 is 0 Å². The highest BCUT2D eigenvalue weighted by Crippen LogP contribution is 2.16. The fourth-order valence-electron chi connectivity index (χ4n) is 2.11. The molecule has 6 heteroatoms. The van der Waals surface area contributed by atoms with Gasteiger partial charge in [-0.25, -0.2) is 9.59 Å². The van der Waals surface area contributed by atoms with E-state index in [1.165, 1.54) is 25.3 Å². The summed E-state index contributed by atoms with van der Waals surface area (Å²) in [6.07, 6.45) is 0. The monoisotopic (exact) mass is 327 g/mol. The molecule has 0 bridgehead atoms. The van der Waals surface area contributed by atoms with Crippen molar-refractivity contribution in [1.29, 1.82) is 0 Å². The van der Waals surface area contributed by atoms with Crippen LogP contribution in [0.4, 0.5) is 5.69 Å². The maximum Gasteiger partial charge on any atom is 0.338 e. The lowest BCUT2D eigenvalue weighted by Gasteiger charge is -2.10. The third-order valence-electron chi connectivity index (χ3n) is 3.21. The Bertz CT molecular complexity index is 770. The molecule has 0 atom stereocenters. The fraction of sp³-hybridized carbons (Fsp3) is 0.167. The van der Waals surface area contributed by atoms with E-state index in [9.17, 15) is 14.4 Å². The zero-order chi connectivity index (χ0) is 17.5. The summed E-state index contributed by atoms with van der Waals surface area (Å²) < 4.78 is 9.60. The quantitative estimate of drug-likeness (QED) is 0.854. The molecule has 0 aromatic heterocycles. The highest BCUT2D eigenvalue weighted by molar-refractivity contribution is 6.11. The molecule has 0 saturated carbocycles. The lowest BCUT2D eigenvalue weighted by Crippen LogP contribution is -2.17. The molecule has 0 aliphatic rings. The number of carbonyl (C=O) groups is 3. The van der Waals surface area contributed by atoms with Gasteiger partial charge in [0.15, 0.2) is 0 Å². The molecule has 1 amide bonds. The van der Waals surface area contributed by atoms with Crippen LogP contribution in [-0.4, -0.2) is 31.6 Å². The molecule has 6 nitrogen and oxygen atoms in total. The van der Waals surface area contributed by atoms with Gasteiger partial charge in [0, 0.05) is 5.69 Å². The number of esters is 2. The van der Waals surface area contributed by atoms with Crippen LogP contribution in [0, 0.1) is 0 Å². The summed E-state index contributed by atoms with van der Waals surface area (Å²) >= 11 is 0. The van der Waals surface area contributed by atoms with E-state index in [-0.39, 0.29) is 17.7 Å². The first-order valence-corrected chi connectivity index (χ1v) is 7.32. The molecule has 0 aliphatic carbocycles. The second kappa shape index (κ2) is 7.92. The van der Waals surface area contributed by atoms with Gasteiger partial charge in [-0.2, -0.15) is 0 Å². The average Bonchev–Trinajstić information content (AvgIpc) is 2.61. The molecule has 124 valence electrons. The van der Waals surface area contributed by atoms with E-state index in [0.29, 0.717) is 11.3 Å². The Labute approximate surface area is 139 Å². The maximum atomic E-state index is 12.4. The van der Waals surface area contributed by atoms with Crippen molar-refractivity contribution < 1.29 is 23.9 Å². The minimum atomic E-state index is -0.596. The van der Waals surface area contributed by atoms with Gasteiger partial charge in [-0.05, 0) is 37.3 Å². The van der Waals surface area contributed by atoms with Gasteiger partial charge in [0.1, 0.15) is 0 Å². The molecule has 1 N–H and O–H groups in total. The molecule has 0 aliphatic heterocycles. The largest absolute Gasteiger partial charge is 0.465 e. The third kappa shape index (κ3) is 3.98. The van der Waals surface area contributed by atoms with E-state index < -0.39 is 17.8 Å². The van der Waals surface area contributed by atoms with E-state index in [2.05, 4.69) is 10.1 Å². The number of amides is 1. The Morgan fingerprint density at radius 3 is 2.33 bits per heavy atom. The van der Waals surface area contributed by atoms with Crippen molar-refractivity contribution in [3.05, 3.63) is 65.2 Å². The number of hydrogen-bond acceptors (Lipinski definition) is 5. The first-order chi connectivity index (χ1) is 11.6. The van der Waals surface area contributed by atoms with Crippen LogP contribution in [0.3, 0.4) is 0 Å². The Kier molecular flexibility index (Phi) is 5.68. The van der Waals surface area contributed by atoms with Crippen LogP contribution in [0.1, 0.15) is 38.0 Å². The molecular formula is C18H17NO5. The highest BCUT2D eigenvalue weighted by Gasteiger charge is 2.17. The van der Waals surface area contributed by atoms with Gasteiger partial charge < -0.3 is 14.8 Å². The summed E-state index contributed by atoms with van der Waals surface area (Å²) in [6.45, 7) is 1.98. The van der Waals surface area contributed by atoms with E-state index in [1.54, 1.807) is 37.3 Å². The number of nitrogens with one attached hydrogen (secondary N) is 1. The molecule has 2 aromatic carbocycles. The lowest BCUT2D eigenvalue weighted by atomic mass is 10.1. The van der Waals surface area contributed by atoms with Crippen molar-refractivity contribution >= 4 is 23.5 Å². The molecule has 0 saturated heterocycles. The van der Waals surface area contributed by atoms with Gasteiger partial charge in [-0.1, -0.05) is 18.2 Å². The van der Waals surface area contributed by atoms with E-state index in [1.807, 2.05) is 0 Å². The fourth-order valence-corrected chi connectivity index (χ4v) is 2.11. The van der Waals surface area contributed by atoms with Crippen molar-refractivity contribution in [3.8, 4) is 0 Å². The summed E-state index contributed by atoms with van der Waals surface area (Å²) in [4.78, 5) is 35.9. The number of hydrogen-bond donors (Lipinski definition) is 1. The summed E-state index contributed by atoms with van der Waals surface area (Å²) in [5, 5.41) is 2.66. The van der Waals surface area contributed by atoms with E-state index in [0.717, 1.165) is 0 Å². The zero-order valence-electron chi connectivity index (χ0n) is 13.4. The Morgan fingerprint density at radius 2 is 1.67 bits per heavy atom. The first-order valence-electron chi connectivity index (χ1n) is 7.32. The predicted molar refractivity (Wildman–Crippen MR) is 88.1 cm³/mol. The standard InChI is InChI=1S/C18H17NO5/c1-3-24-17(21)12-7-6-8-13(11-12)19-16(20)14-9-4-5-10-15(14)18(22)23-2/h4-11H,3H2,1-2H3,(H,19,20). The topological polar surface area (TPSA) is 81.7 Å². The lowest BCUT2D eigenvalue weighted by molar-refractivity contribution is 0.0525. The average molecular weight is 327 g/mol. The van der Waals surface area contributed by atoms with Crippen LogP contribution in [-0.2, 0) is 9.47 Å². The normalized spacial score (nSPS) is 9.92. The smallest absolute Gasteiger partial charge is 0.338 e. The number of benzene rings is 2. The van der Waals surface area contributed by atoms with E-state index in [4.69, 9.17) is 4.74 Å². The van der Waals surface area contributed by atoms with Gasteiger partial charge in [0.05, 0.1) is 30.4 Å². The third-order valence-corrected chi connectivity index (χ3v) is 3.21. The Morgan fingerprint density at radius 1 is 0.958 bits per heavy atom. The molecule has 0 radical (unpaired) electrons. The van der Waals surface area contributed by atoms with Crippen LogP contribution in [0.2, 0.25) is 0 Å². The van der Waals surface area contributed by atoms with Crippen LogP contribution in [0.5, 0.6) is 0 Å². The number of carbonyl (C=O) groups excluding carboxylic acids is 3. The first kappa shape index (κ1) is 17.2. The van der Waals surface area contributed by atoms with Crippen molar-refractivity contribution in [2.75, 3.05) is 19.0 Å². The van der Waals surface area contributed by atoms with Crippen molar-refractivity contribution in [1.82, 2.24) is 0 Å². The Balaban J connectivity index is 2.23. The minimum Gasteiger partial charge on any atom is -0.465 e. The minimum absolute atomic E-state index is 0.166. The molecule has 0 heterocycles. The predicted octanol–water partition coefficient (Wildman–Crippen LogP) is 2.90. The summed E-state index contributed by atoms with van der Waals surface area (Å²) in [7, 11) is 1.25. The van der Waals surface area contributed by atoms with Crippen LogP contribution in [0.25, 0.3) is 0 Å². The summed E-state index contributed by atoms with van der Waals surface area (Å²) in [5.74, 6) is -1.54. The zero-order valence-corrected chi connectivity index (χ0v) is 13.4. The number of rotatable bonds is 5. The van der Waals surface area contributed by atoms with Crippen LogP contribution < -0.4 is 5.32 Å². The number of methoxy groups -OCH3 is 1. The molecule has 2 aromatic rings. The second-order valence-corrected chi connectivity index (χ2v) is 4.79. The summed E-state index contributed by atoms with van der Waals surface area (Å²) in [5.41, 5.74) is 1.10. The highest BCUT2D eigenvalue weighted by atomic mass is 16.5. The SMILES string of the molecule is CCOC(=O)c1cccc(NC(=O)c2ccccc2C(=O)OC)c1. The van der Waals surface area contributed by atoms with E-state index >= 15 is 0 Å². The molecule has 0 fully saturated rings. The van der Waals surface area contributed by atoms with Gasteiger partial charge in [0.25, 0.3) is 5.91 Å². The van der Waals surface area contributed by atoms with Crippen LogP contribution in [0.15, 0.2) is 48.5 Å². The molecular weight excluding hydrogens is 310 g/mol. The second-order valence-electron chi connectivity index (χ2n) is 4.79. The van der Waals surface area contributed by atoms with Gasteiger partial charge in [0.2, 0.25) is 0 Å². The maximum absolute atomic E-state index is 12.4. The number of ether oxygens (including phenoxy) is 2. The molecule has 24 heavy (non-hydrogen) atoms. The Hall–Kier alpha value is -3.15. The molecule has 0 unspecified atom stereocenters. The van der Waals surface area contributed by atoms with Crippen molar-refractivity contribution in [2.24, 2.45) is 0 Å². The van der Waals surface area contributed by atoms with Crippen molar-refractivity contribution in [3.63, 3.8) is 0 Å². The van der Waals surface area contributed by atoms with Crippen molar-refractivity contribution in [2.45, 2.75) is 6.92 Å². The van der Waals surface area contributed by atoms with Gasteiger partial charge in [-0.15, -0.1) is 0 Å². The van der Waals surface area contributed by atoms with Gasteiger partial charge in [-0.3, -0.25) is 4.79 Å². The number of anilines is 1. The summed E-state index contributed by atoms with van der Waals surface area (Å²) in [6, 6.07) is 12.7. The van der Waals surface area contributed by atoms with Gasteiger partial charge >= 0.3 is 11.9 Å².